The number of aryl methyl sites for hydroxylation is 1. The highest BCUT2D eigenvalue weighted by Crippen LogP contribution is 2.19. The van der Waals surface area contributed by atoms with Gasteiger partial charge in [-0.1, -0.05) is 0 Å². The predicted octanol–water partition coefficient (Wildman–Crippen LogP) is 2.46. The van der Waals surface area contributed by atoms with Gasteiger partial charge < -0.3 is 10.6 Å². The van der Waals surface area contributed by atoms with Crippen LogP contribution in [-0.2, 0) is 16.0 Å². The number of hydrogen-bond acceptors (Lipinski definition) is 6. The minimum absolute atomic E-state index is 0.0946. The van der Waals surface area contributed by atoms with Crippen LogP contribution in [0.3, 0.4) is 0 Å². The van der Waals surface area contributed by atoms with Crippen molar-refractivity contribution >= 4 is 28.8 Å². The topological polar surface area (TPSA) is 119 Å². The van der Waals surface area contributed by atoms with Crippen molar-refractivity contribution in [3.05, 3.63) is 59.7 Å². The number of carbonyl (C=O) groups is 2. The number of nitrogens with zero attached hydrogens (tertiary/aromatic N) is 6. The standard InChI is InChI=1S/C21H22N8O2/c1-13-18(8-11-21(31)24-17-6-4-16(5-7-17)23-15(3)30)14(2)29(26-13)20-10-9-19-25-22-12-28(19)27-20/h4-7,9-10,12H,8,11H2,1-3H3,(H,23,30)(H,24,31). The molecular formula is C21H22N8O2. The normalized spacial score (nSPS) is 10.9. The van der Waals surface area contributed by atoms with Gasteiger partial charge in [0.25, 0.3) is 0 Å². The lowest BCUT2D eigenvalue weighted by Crippen LogP contribution is -2.13. The third-order valence-electron chi connectivity index (χ3n) is 4.90. The van der Waals surface area contributed by atoms with Crippen molar-refractivity contribution in [1.29, 1.82) is 0 Å². The molecule has 0 atom stereocenters. The zero-order valence-electron chi connectivity index (χ0n) is 17.5. The molecule has 3 heterocycles. The molecule has 1 aromatic carbocycles. The SMILES string of the molecule is CC(=O)Nc1ccc(NC(=O)CCc2c(C)nn(-c3ccc4nncn4n3)c2C)cc1. The van der Waals surface area contributed by atoms with Gasteiger partial charge in [-0.3, -0.25) is 9.59 Å². The molecular weight excluding hydrogens is 396 g/mol. The summed E-state index contributed by atoms with van der Waals surface area (Å²) in [5, 5.41) is 22.5. The van der Waals surface area contributed by atoms with E-state index in [1.807, 2.05) is 26.0 Å². The number of rotatable bonds is 6. The molecule has 0 saturated heterocycles. The van der Waals surface area contributed by atoms with Crippen LogP contribution in [0.5, 0.6) is 0 Å². The first-order chi connectivity index (χ1) is 14.9. The van der Waals surface area contributed by atoms with E-state index < -0.39 is 0 Å². The molecule has 4 rings (SSSR count). The van der Waals surface area contributed by atoms with E-state index in [2.05, 4.69) is 31.0 Å². The first-order valence-electron chi connectivity index (χ1n) is 9.81. The van der Waals surface area contributed by atoms with E-state index in [9.17, 15) is 9.59 Å². The summed E-state index contributed by atoms with van der Waals surface area (Å²) in [7, 11) is 0. The highest BCUT2D eigenvalue weighted by Gasteiger charge is 2.15. The number of aromatic nitrogens is 6. The van der Waals surface area contributed by atoms with Gasteiger partial charge in [0, 0.05) is 30.4 Å². The lowest BCUT2D eigenvalue weighted by atomic mass is 10.1. The molecule has 31 heavy (non-hydrogen) atoms. The first-order valence-corrected chi connectivity index (χ1v) is 9.81. The summed E-state index contributed by atoms with van der Waals surface area (Å²) in [6.07, 6.45) is 2.42. The number of benzene rings is 1. The summed E-state index contributed by atoms with van der Waals surface area (Å²) < 4.78 is 3.36. The smallest absolute Gasteiger partial charge is 0.224 e. The number of carbonyl (C=O) groups excluding carboxylic acids is 2. The maximum atomic E-state index is 12.4. The zero-order valence-corrected chi connectivity index (χ0v) is 17.5. The quantitative estimate of drug-likeness (QED) is 0.496. The third kappa shape index (κ3) is 4.42. The predicted molar refractivity (Wildman–Crippen MR) is 115 cm³/mol. The van der Waals surface area contributed by atoms with Gasteiger partial charge in [0.1, 0.15) is 6.33 Å². The molecule has 0 aliphatic heterocycles. The summed E-state index contributed by atoms with van der Waals surface area (Å²) in [5.41, 5.74) is 4.83. The van der Waals surface area contributed by atoms with Gasteiger partial charge in [0.05, 0.1) is 5.69 Å². The maximum Gasteiger partial charge on any atom is 0.224 e. The van der Waals surface area contributed by atoms with Crippen LogP contribution in [0.4, 0.5) is 11.4 Å². The second kappa shape index (κ2) is 8.34. The number of fused-ring (bicyclic) bond motifs is 1. The summed E-state index contributed by atoms with van der Waals surface area (Å²) in [6, 6.07) is 10.7. The molecule has 0 fully saturated rings. The lowest BCUT2D eigenvalue weighted by Gasteiger charge is -2.08. The molecule has 4 aromatic rings. The number of amides is 2. The summed E-state index contributed by atoms with van der Waals surface area (Å²) in [5.74, 6) is 0.422. The second-order valence-electron chi connectivity index (χ2n) is 7.19. The highest BCUT2D eigenvalue weighted by molar-refractivity contribution is 5.92. The van der Waals surface area contributed by atoms with Gasteiger partial charge in [-0.15, -0.1) is 15.3 Å². The van der Waals surface area contributed by atoms with Gasteiger partial charge in [0.15, 0.2) is 11.5 Å². The molecule has 10 nitrogen and oxygen atoms in total. The van der Waals surface area contributed by atoms with Crippen molar-refractivity contribution in [3.63, 3.8) is 0 Å². The van der Waals surface area contributed by atoms with Crippen LogP contribution in [-0.4, -0.2) is 41.4 Å². The molecule has 2 amide bonds. The van der Waals surface area contributed by atoms with Gasteiger partial charge in [-0.25, -0.2) is 4.68 Å². The summed E-state index contributed by atoms with van der Waals surface area (Å²) in [6.45, 7) is 5.34. The van der Waals surface area contributed by atoms with Crippen LogP contribution >= 0.6 is 0 Å². The number of nitrogens with one attached hydrogen (secondary N) is 2. The van der Waals surface area contributed by atoms with E-state index in [0.717, 1.165) is 17.0 Å². The lowest BCUT2D eigenvalue weighted by molar-refractivity contribution is -0.116. The Morgan fingerprint density at radius 1 is 0.968 bits per heavy atom. The van der Waals surface area contributed by atoms with Gasteiger partial charge in [0.2, 0.25) is 11.8 Å². The molecule has 2 N–H and O–H groups in total. The third-order valence-corrected chi connectivity index (χ3v) is 4.90. The monoisotopic (exact) mass is 418 g/mol. The molecule has 0 bridgehead atoms. The fourth-order valence-corrected chi connectivity index (χ4v) is 3.39. The average Bonchev–Trinajstić information content (AvgIpc) is 3.31. The van der Waals surface area contributed by atoms with Gasteiger partial charge in [-0.05, 0) is 62.2 Å². The Hall–Kier alpha value is -4.08. The van der Waals surface area contributed by atoms with Crippen molar-refractivity contribution in [1.82, 2.24) is 29.6 Å². The van der Waals surface area contributed by atoms with E-state index in [4.69, 9.17) is 0 Å². The van der Waals surface area contributed by atoms with Crippen LogP contribution in [0.25, 0.3) is 11.5 Å². The van der Waals surface area contributed by atoms with Gasteiger partial charge >= 0.3 is 0 Å². The van der Waals surface area contributed by atoms with Crippen molar-refractivity contribution in [2.45, 2.75) is 33.6 Å². The minimum Gasteiger partial charge on any atom is -0.326 e. The molecule has 0 saturated carbocycles. The van der Waals surface area contributed by atoms with Crippen molar-refractivity contribution < 1.29 is 9.59 Å². The molecule has 0 aliphatic carbocycles. The molecule has 0 spiro atoms. The highest BCUT2D eigenvalue weighted by atomic mass is 16.2. The largest absolute Gasteiger partial charge is 0.326 e. The van der Waals surface area contributed by atoms with Crippen LogP contribution in [0.15, 0.2) is 42.7 Å². The Bertz CT molecular complexity index is 1260. The van der Waals surface area contributed by atoms with Crippen LogP contribution < -0.4 is 10.6 Å². The number of hydrogen-bond donors (Lipinski definition) is 2. The molecule has 0 unspecified atom stereocenters. The fourth-order valence-electron chi connectivity index (χ4n) is 3.39. The molecule has 158 valence electrons. The Morgan fingerprint density at radius 2 is 1.68 bits per heavy atom. The minimum atomic E-state index is -0.139. The molecule has 0 aliphatic rings. The van der Waals surface area contributed by atoms with Crippen molar-refractivity contribution in [3.8, 4) is 5.82 Å². The van der Waals surface area contributed by atoms with E-state index >= 15 is 0 Å². The Labute approximate surface area is 178 Å². The Kier molecular flexibility index (Phi) is 5.44. The zero-order chi connectivity index (χ0) is 22.0. The van der Waals surface area contributed by atoms with Crippen LogP contribution in [0.2, 0.25) is 0 Å². The van der Waals surface area contributed by atoms with Crippen molar-refractivity contribution in [2.24, 2.45) is 0 Å². The summed E-state index contributed by atoms with van der Waals surface area (Å²) in [4.78, 5) is 23.5. The maximum absolute atomic E-state index is 12.4. The summed E-state index contributed by atoms with van der Waals surface area (Å²) >= 11 is 0. The van der Waals surface area contributed by atoms with E-state index in [1.54, 1.807) is 39.8 Å². The Balaban J connectivity index is 1.42. The Morgan fingerprint density at radius 3 is 2.39 bits per heavy atom. The second-order valence-corrected chi connectivity index (χ2v) is 7.19. The van der Waals surface area contributed by atoms with E-state index in [0.29, 0.717) is 35.7 Å². The van der Waals surface area contributed by atoms with Crippen LogP contribution in [0.1, 0.15) is 30.3 Å². The molecule has 0 radical (unpaired) electrons. The first kappa shape index (κ1) is 20.2. The molecule has 3 aromatic heterocycles. The van der Waals surface area contributed by atoms with E-state index in [-0.39, 0.29) is 11.8 Å². The fraction of sp³-hybridized carbons (Fsp3) is 0.238. The van der Waals surface area contributed by atoms with E-state index in [1.165, 1.54) is 6.92 Å². The number of anilines is 2. The average molecular weight is 418 g/mol. The van der Waals surface area contributed by atoms with Crippen molar-refractivity contribution in [2.75, 3.05) is 10.6 Å². The van der Waals surface area contributed by atoms with Crippen LogP contribution in [0, 0.1) is 13.8 Å². The molecule has 10 heteroatoms. The van der Waals surface area contributed by atoms with Gasteiger partial charge in [-0.2, -0.15) is 9.61 Å².